The summed E-state index contributed by atoms with van der Waals surface area (Å²) in [7, 11) is 3.16. The summed E-state index contributed by atoms with van der Waals surface area (Å²) < 4.78 is 16.7. The Morgan fingerprint density at radius 1 is 1.07 bits per heavy atom. The number of nitrogens with one attached hydrogen (secondary N) is 1. The van der Waals surface area contributed by atoms with E-state index in [9.17, 15) is 4.79 Å². The largest absolute Gasteiger partial charge is 0.496 e. The summed E-state index contributed by atoms with van der Waals surface area (Å²) in [5.74, 6) is 1.80. The number of hydrogen-bond acceptors (Lipinski definition) is 8. The molecular formula is C21H21N3O4S. The highest BCUT2D eigenvalue weighted by Crippen LogP contribution is 2.30. The second kappa shape index (κ2) is 9.70. The van der Waals surface area contributed by atoms with E-state index in [1.807, 2.05) is 30.5 Å². The fourth-order valence-corrected chi connectivity index (χ4v) is 3.23. The number of hydrogen-bond donors (Lipinski definition) is 1. The standard InChI is InChI=1S/C21H21N3O4S/c1-14-13-29-21(23-14)24-22-10-15-4-7-19(20(9-15)27-3)28-12-17-8-16(11-25)5-6-18(17)26-2/h4-11,13H,12H2,1-3H3,(H,23,24). The molecule has 150 valence electrons. The molecule has 0 saturated carbocycles. The van der Waals surface area contributed by atoms with E-state index in [1.54, 1.807) is 38.6 Å². The molecule has 3 rings (SSSR count). The predicted octanol–water partition coefficient (Wildman–Crippen LogP) is 4.31. The van der Waals surface area contributed by atoms with Crippen LogP contribution in [0.3, 0.4) is 0 Å². The highest BCUT2D eigenvalue weighted by molar-refractivity contribution is 7.13. The Hall–Kier alpha value is -3.39. The summed E-state index contributed by atoms with van der Waals surface area (Å²) in [5, 5.41) is 6.88. The van der Waals surface area contributed by atoms with Gasteiger partial charge in [-0.15, -0.1) is 11.3 Å². The summed E-state index contributed by atoms with van der Waals surface area (Å²) in [5.41, 5.74) is 6.02. The number of nitrogens with zero attached hydrogens (tertiary/aromatic N) is 2. The molecule has 1 aromatic heterocycles. The zero-order valence-electron chi connectivity index (χ0n) is 16.3. The van der Waals surface area contributed by atoms with Crippen LogP contribution in [0.25, 0.3) is 0 Å². The van der Waals surface area contributed by atoms with Gasteiger partial charge < -0.3 is 14.2 Å². The molecule has 0 atom stereocenters. The van der Waals surface area contributed by atoms with Crippen LogP contribution in [-0.2, 0) is 6.61 Å². The van der Waals surface area contributed by atoms with E-state index in [4.69, 9.17) is 14.2 Å². The smallest absolute Gasteiger partial charge is 0.203 e. The van der Waals surface area contributed by atoms with Crippen molar-refractivity contribution in [3.63, 3.8) is 0 Å². The second-order valence-electron chi connectivity index (χ2n) is 6.05. The molecule has 2 aromatic carbocycles. The Morgan fingerprint density at radius 3 is 2.52 bits per heavy atom. The number of rotatable bonds is 9. The molecule has 0 fully saturated rings. The Bertz CT molecular complexity index is 1020. The molecule has 1 heterocycles. The van der Waals surface area contributed by atoms with Crippen LogP contribution >= 0.6 is 11.3 Å². The maximum absolute atomic E-state index is 11.0. The number of benzene rings is 2. The molecule has 1 N–H and O–H groups in total. The monoisotopic (exact) mass is 411 g/mol. The number of aromatic nitrogens is 1. The zero-order valence-corrected chi connectivity index (χ0v) is 17.2. The fraction of sp³-hybridized carbons (Fsp3) is 0.190. The van der Waals surface area contributed by atoms with E-state index in [0.29, 0.717) is 22.8 Å². The van der Waals surface area contributed by atoms with Crippen LogP contribution in [0.1, 0.15) is 27.2 Å². The first-order chi connectivity index (χ1) is 14.1. The van der Waals surface area contributed by atoms with Crippen LogP contribution < -0.4 is 19.6 Å². The number of ether oxygens (including phenoxy) is 3. The normalized spacial score (nSPS) is 10.7. The van der Waals surface area contributed by atoms with Crippen LogP contribution in [-0.4, -0.2) is 31.7 Å². The minimum absolute atomic E-state index is 0.236. The van der Waals surface area contributed by atoms with Gasteiger partial charge in [-0.2, -0.15) is 5.10 Å². The first kappa shape index (κ1) is 20.3. The third kappa shape index (κ3) is 5.32. The van der Waals surface area contributed by atoms with Crippen molar-refractivity contribution in [2.24, 2.45) is 5.10 Å². The number of carbonyl (C=O) groups excluding carboxylic acids is 1. The fourth-order valence-electron chi connectivity index (χ4n) is 2.59. The third-order valence-electron chi connectivity index (χ3n) is 4.00. The lowest BCUT2D eigenvalue weighted by molar-refractivity contribution is 0.112. The quantitative estimate of drug-likeness (QED) is 0.321. The SMILES string of the molecule is COc1ccc(C=O)cc1COc1ccc(C=NNc2nc(C)cs2)cc1OC. The van der Waals surface area contributed by atoms with Gasteiger partial charge in [0.05, 0.1) is 26.1 Å². The van der Waals surface area contributed by atoms with Crippen LogP contribution in [0.2, 0.25) is 0 Å². The number of carbonyl (C=O) groups is 1. The lowest BCUT2D eigenvalue weighted by atomic mass is 10.1. The molecule has 0 bridgehead atoms. The molecule has 0 unspecified atom stereocenters. The first-order valence-corrected chi connectivity index (χ1v) is 9.65. The maximum atomic E-state index is 11.0. The Balaban J connectivity index is 1.70. The van der Waals surface area contributed by atoms with Gasteiger partial charge in [0, 0.05) is 16.5 Å². The molecule has 0 spiro atoms. The minimum atomic E-state index is 0.236. The van der Waals surface area contributed by atoms with Gasteiger partial charge in [-0.25, -0.2) is 4.98 Å². The first-order valence-electron chi connectivity index (χ1n) is 8.77. The van der Waals surface area contributed by atoms with Crippen LogP contribution in [0.15, 0.2) is 46.9 Å². The van der Waals surface area contributed by atoms with Crippen LogP contribution in [0, 0.1) is 6.92 Å². The van der Waals surface area contributed by atoms with Crippen LogP contribution in [0.4, 0.5) is 5.13 Å². The zero-order chi connectivity index (χ0) is 20.6. The van der Waals surface area contributed by atoms with Gasteiger partial charge in [-0.3, -0.25) is 10.2 Å². The number of methoxy groups -OCH3 is 2. The molecule has 7 nitrogen and oxygen atoms in total. The number of hydrazone groups is 1. The number of aryl methyl sites for hydroxylation is 1. The molecule has 0 aliphatic carbocycles. The van der Waals surface area contributed by atoms with E-state index < -0.39 is 0 Å². The van der Waals surface area contributed by atoms with Crippen molar-refractivity contribution in [3.05, 3.63) is 64.2 Å². The Morgan fingerprint density at radius 2 is 1.83 bits per heavy atom. The van der Waals surface area contributed by atoms with Gasteiger partial charge in [0.25, 0.3) is 0 Å². The van der Waals surface area contributed by atoms with Crippen molar-refractivity contribution in [3.8, 4) is 17.2 Å². The number of thiazole rings is 1. The van der Waals surface area contributed by atoms with E-state index in [-0.39, 0.29) is 6.61 Å². The highest BCUT2D eigenvalue weighted by Gasteiger charge is 2.09. The average molecular weight is 411 g/mol. The number of aldehydes is 1. The molecule has 0 saturated heterocycles. The molecule has 0 aliphatic rings. The molecule has 3 aromatic rings. The Kier molecular flexibility index (Phi) is 6.80. The lowest BCUT2D eigenvalue weighted by Gasteiger charge is -2.13. The van der Waals surface area contributed by atoms with E-state index in [0.717, 1.165) is 28.2 Å². The molecule has 0 amide bonds. The van der Waals surface area contributed by atoms with Crippen molar-refractivity contribution in [1.29, 1.82) is 0 Å². The second-order valence-corrected chi connectivity index (χ2v) is 6.91. The van der Waals surface area contributed by atoms with Crippen molar-refractivity contribution >= 4 is 29.0 Å². The molecular weight excluding hydrogens is 390 g/mol. The molecule has 0 aliphatic heterocycles. The number of anilines is 1. The van der Waals surface area contributed by atoms with Crippen molar-refractivity contribution in [2.45, 2.75) is 13.5 Å². The molecule has 29 heavy (non-hydrogen) atoms. The minimum Gasteiger partial charge on any atom is -0.496 e. The van der Waals surface area contributed by atoms with Gasteiger partial charge in [0.15, 0.2) is 11.5 Å². The highest BCUT2D eigenvalue weighted by atomic mass is 32.1. The summed E-state index contributed by atoms with van der Waals surface area (Å²) in [6, 6.07) is 10.7. The van der Waals surface area contributed by atoms with E-state index >= 15 is 0 Å². The average Bonchev–Trinajstić information content (AvgIpc) is 3.17. The summed E-state index contributed by atoms with van der Waals surface area (Å²) in [4.78, 5) is 15.3. The van der Waals surface area contributed by atoms with Gasteiger partial charge in [-0.1, -0.05) is 0 Å². The predicted molar refractivity (Wildman–Crippen MR) is 114 cm³/mol. The maximum Gasteiger partial charge on any atom is 0.203 e. The van der Waals surface area contributed by atoms with Crippen molar-refractivity contribution < 1.29 is 19.0 Å². The van der Waals surface area contributed by atoms with Gasteiger partial charge in [-0.05, 0) is 48.9 Å². The van der Waals surface area contributed by atoms with E-state index in [2.05, 4.69) is 15.5 Å². The van der Waals surface area contributed by atoms with Gasteiger partial charge >= 0.3 is 0 Å². The van der Waals surface area contributed by atoms with Crippen molar-refractivity contribution in [2.75, 3.05) is 19.6 Å². The lowest BCUT2D eigenvalue weighted by Crippen LogP contribution is -2.01. The Labute approximate surface area is 173 Å². The van der Waals surface area contributed by atoms with Gasteiger partial charge in [0.2, 0.25) is 5.13 Å². The van der Waals surface area contributed by atoms with Crippen LogP contribution in [0.5, 0.6) is 17.2 Å². The topological polar surface area (TPSA) is 82.0 Å². The van der Waals surface area contributed by atoms with E-state index in [1.165, 1.54) is 11.3 Å². The summed E-state index contributed by atoms with van der Waals surface area (Å²) >= 11 is 1.49. The molecule has 8 heteroatoms. The molecule has 0 radical (unpaired) electrons. The van der Waals surface area contributed by atoms with Crippen molar-refractivity contribution in [1.82, 2.24) is 4.98 Å². The third-order valence-corrected chi connectivity index (χ3v) is 4.87. The summed E-state index contributed by atoms with van der Waals surface area (Å²) in [6.45, 7) is 2.17. The van der Waals surface area contributed by atoms with Gasteiger partial charge in [0.1, 0.15) is 18.6 Å². The summed E-state index contributed by atoms with van der Waals surface area (Å²) in [6.07, 6.45) is 2.47.